The van der Waals surface area contributed by atoms with Crippen molar-refractivity contribution < 1.29 is 4.79 Å². The highest BCUT2D eigenvalue weighted by atomic mass is 35.5. The van der Waals surface area contributed by atoms with Gasteiger partial charge in [-0.25, -0.2) is 0 Å². The van der Waals surface area contributed by atoms with Gasteiger partial charge >= 0.3 is 0 Å². The fraction of sp³-hybridized carbons (Fsp3) is 0.538. The second-order valence-electron chi connectivity index (χ2n) is 4.65. The topological polar surface area (TPSA) is 59.2 Å². The van der Waals surface area contributed by atoms with E-state index in [1.807, 2.05) is 25.1 Å². The molecule has 1 amide bonds. The predicted molar refractivity (Wildman–Crippen MR) is 82.7 cm³/mol. The second kappa shape index (κ2) is 9.13. The van der Waals surface area contributed by atoms with Gasteiger partial charge in [0.15, 0.2) is 0 Å². The van der Waals surface area contributed by atoms with Crippen LogP contribution in [0, 0.1) is 0 Å². The number of amides is 1. The van der Waals surface area contributed by atoms with Crippen LogP contribution < -0.4 is 5.73 Å². The molecule has 1 aromatic rings. The second-order valence-corrected chi connectivity index (χ2v) is 4.65. The van der Waals surface area contributed by atoms with Crippen molar-refractivity contribution in [3.63, 3.8) is 0 Å². The monoisotopic (exact) mass is 307 g/mol. The number of nitrogens with two attached hydrogens (primary N) is 1. The van der Waals surface area contributed by atoms with E-state index >= 15 is 0 Å². The summed E-state index contributed by atoms with van der Waals surface area (Å²) in [4.78, 5) is 18.0. The number of rotatable bonds is 5. The van der Waals surface area contributed by atoms with E-state index in [4.69, 9.17) is 5.73 Å². The summed E-state index contributed by atoms with van der Waals surface area (Å²) in [7, 11) is 1.76. The molecule has 0 aliphatic heterocycles. The van der Waals surface area contributed by atoms with Gasteiger partial charge in [-0.05, 0) is 25.5 Å². The number of hydrogen-bond donors (Lipinski definition) is 1. The fourth-order valence-corrected chi connectivity index (χ4v) is 1.87. The fourth-order valence-electron chi connectivity index (χ4n) is 1.87. The lowest BCUT2D eigenvalue weighted by Gasteiger charge is -2.28. The summed E-state index contributed by atoms with van der Waals surface area (Å²) >= 11 is 0. The normalized spacial score (nSPS) is 12.6. The molecule has 1 rings (SSSR count). The smallest absolute Gasteiger partial charge is 0.242 e. The van der Waals surface area contributed by atoms with Crippen molar-refractivity contribution in [2.24, 2.45) is 5.73 Å². The Bertz CT molecular complexity index is 371. The van der Waals surface area contributed by atoms with Gasteiger partial charge in [0.05, 0.1) is 17.8 Å². The zero-order chi connectivity index (χ0) is 12.9. The lowest BCUT2D eigenvalue weighted by atomic mass is 9.96. The number of carbonyl (C=O) groups excluding carboxylic acids is 1. The molecular formula is C13H23Cl2N3O. The van der Waals surface area contributed by atoms with Gasteiger partial charge in [0.25, 0.3) is 0 Å². The molecule has 0 fully saturated rings. The Hall–Kier alpha value is -0.840. The van der Waals surface area contributed by atoms with Crippen LogP contribution in [0.4, 0.5) is 0 Å². The van der Waals surface area contributed by atoms with E-state index in [0.29, 0.717) is 13.0 Å². The summed E-state index contributed by atoms with van der Waals surface area (Å²) in [6.45, 7) is 4.31. The highest BCUT2D eigenvalue weighted by molar-refractivity contribution is 5.86. The minimum Gasteiger partial charge on any atom is -0.338 e. The molecule has 19 heavy (non-hydrogen) atoms. The Kier molecular flexibility index (Phi) is 9.84. The Morgan fingerprint density at radius 2 is 2.05 bits per heavy atom. The maximum atomic E-state index is 12.1. The summed E-state index contributed by atoms with van der Waals surface area (Å²) in [5.41, 5.74) is 6.11. The standard InChI is InChI=1S/C13H21N3O.2ClH/c1-4-8-13(2,14)12(17)16(3)10-11-7-5-6-9-15-11;;/h5-7,9H,4,8,10,14H2,1-3H3;2*1H. The highest BCUT2D eigenvalue weighted by Gasteiger charge is 2.30. The molecular weight excluding hydrogens is 285 g/mol. The highest BCUT2D eigenvalue weighted by Crippen LogP contribution is 2.13. The van der Waals surface area contributed by atoms with Crippen LogP contribution in [0.15, 0.2) is 24.4 Å². The maximum absolute atomic E-state index is 12.1. The predicted octanol–water partition coefficient (Wildman–Crippen LogP) is 2.40. The average molecular weight is 308 g/mol. The molecule has 1 atom stereocenters. The van der Waals surface area contributed by atoms with E-state index in [1.54, 1.807) is 25.1 Å². The lowest BCUT2D eigenvalue weighted by molar-refractivity contribution is -0.135. The van der Waals surface area contributed by atoms with Crippen molar-refractivity contribution in [2.75, 3.05) is 7.05 Å². The number of pyridine rings is 1. The van der Waals surface area contributed by atoms with Gasteiger partial charge in [0.2, 0.25) is 5.91 Å². The van der Waals surface area contributed by atoms with E-state index in [2.05, 4.69) is 4.98 Å². The third-order valence-electron chi connectivity index (χ3n) is 2.73. The van der Waals surface area contributed by atoms with Gasteiger partial charge < -0.3 is 10.6 Å². The molecule has 1 unspecified atom stereocenters. The number of likely N-dealkylation sites (N-methyl/N-ethyl adjacent to an activating group) is 1. The van der Waals surface area contributed by atoms with Crippen LogP contribution >= 0.6 is 24.8 Å². The summed E-state index contributed by atoms with van der Waals surface area (Å²) in [5.74, 6) is -0.0370. The van der Waals surface area contributed by atoms with Crippen LogP contribution in [-0.4, -0.2) is 28.4 Å². The van der Waals surface area contributed by atoms with Gasteiger partial charge in [-0.1, -0.05) is 19.4 Å². The van der Waals surface area contributed by atoms with E-state index < -0.39 is 5.54 Å². The molecule has 110 valence electrons. The molecule has 1 heterocycles. The average Bonchev–Trinajstić information content (AvgIpc) is 2.29. The number of halogens is 2. The Morgan fingerprint density at radius 3 is 2.53 bits per heavy atom. The van der Waals surface area contributed by atoms with Gasteiger partial charge in [-0.3, -0.25) is 9.78 Å². The molecule has 0 saturated carbocycles. The molecule has 2 N–H and O–H groups in total. The Balaban J connectivity index is 0. The van der Waals surface area contributed by atoms with Crippen LogP contribution in [0.25, 0.3) is 0 Å². The molecule has 0 saturated heterocycles. The summed E-state index contributed by atoms with van der Waals surface area (Å²) < 4.78 is 0. The zero-order valence-electron chi connectivity index (χ0n) is 11.6. The third kappa shape index (κ3) is 6.23. The van der Waals surface area contributed by atoms with Crippen LogP contribution in [-0.2, 0) is 11.3 Å². The van der Waals surface area contributed by atoms with Crippen LogP contribution in [0.5, 0.6) is 0 Å². The van der Waals surface area contributed by atoms with Crippen molar-refractivity contribution in [1.82, 2.24) is 9.88 Å². The Morgan fingerprint density at radius 1 is 1.42 bits per heavy atom. The SMILES string of the molecule is CCCC(C)(N)C(=O)N(C)Cc1ccccn1.Cl.Cl. The van der Waals surface area contributed by atoms with Crippen molar-refractivity contribution in [3.8, 4) is 0 Å². The minimum atomic E-state index is -0.779. The molecule has 0 aliphatic rings. The van der Waals surface area contributed by atoms with Crippen LogP contribution in [0.1, 0.15) is 32.4 Å². The quantitative estimate of drug-likeness (QED) is 0.908. The molecule has 1 aromatic heterocycles. The summed E-state index contributed by atoms with van der Waals surface area (Å²) in [6.07, 6.45) is 3.32. The Labute approximate surface area is 127 Å². The van der Waals surface area contributed by atoms with Gasteiger partial charge in [-0.15, -0.1) is 24.8 Å². The first kappa shape index (κ1) is 20.5. The lowest BCUT2D eigenvalue weighted by Crippen LogP contribution is -2.51. The third-order valence-corrected chi connectivity index (χ3v) is 2.73. The van der Waals surface area contributed by atoms with Gasteiger partial charge in [0.1, 0.15) is 0 Å². The van der Waals surface area contributed by atoms with E-state index in [-0.39, 0.29) is 30.7 Å². The van der Waals surface area contributed by atoms with Crippen molar-refractivity contribution in [2.45, 2.75) is 38.8 Å². The first-order valence-electron chi connectivity index (χ1n) is 5.91. The molecule has 0 aromatic carbocycles. The minimum absolute atomic E-state index is 0. The summed E-state index contributed by atoms with van der Waals surface area (Å²) in [6, 6.07) is 5.67. The molecule has 0 aliphatic carbocycles. The van der Waals surface area contributed by atoms with Crippen LogP contribution in [0.3, 0.4) is 0 Å². The first-order valence-corrected chi connectivity index (χ1v) is 5.91. The van der Waals surface area contributed by atoms with E-state index in [9.17, 15) is 4.79 Å². The van der Waals surface area contributed by atoms with Crippen molar-refractivity contribution >= 4 is 30.7 Å². The number of aromatic nitrogens is 1. The molecule has 0 radical (unpaired) electrons. The molecule has 0 bridgehead atoms. The van der Waals surface area contributed by atoms with Gasteiger partial charge in [-0.2, -0.15) is 0 Å². The van der Waals surface area contributed by atoms with Gasteiger partial charge in [0, 0.05) is 13.2 Å². The number of carbonyl (C=O) groups is 1. The van der Waals surface area contributed by atoms with Crippen LogP contribution in [0.2, 0.25) is 0 Å². The number of hydrogen-bond acceptors (Lipinski definition) is 3. The molecule has 6 heteroatoms. The van der Waals surface area contributed by atoms with E-state index in [0.717, 1.165) is 12.1 Å². The number of nitrogens with zero attached hydrogens (tertiary/aromatic N) is 2. The molecule has 0 spiro atoms. The van der Waals surface area contributed by atoms with Crippen molar-refractivity contribution in [1.29, 1.82) is 0 Å². The maximum Gasteiger partial charge on any atom is 0.242 e. The zero-order valence-corrected chi connectivity index (χ0v) is 13.3. The summed E-state index contributed by atoms with van der Waals surface area (Å²) in [5, 5.41) is 0. The molecule has 4 nitrogen and oxygen atoms in total. The first-order chi connectivity index (χ1) is 7.97. The van der Waals surface area contributed by atoms with E-state index in [1.165, 1.54) is 0 Å². The largest absolute Gasteiger partial charge is 0.338 e. The van der Waals surface area contributed by atoms with Crippen molar-refractivity contribution in [3.05, 3.63) is 30.1 Å².